The Labute approximate surface area is 173 Å². The minimum absolute atomic E-state index is 0.120. The molecule has 0 saturated carbocycles. The maximum atomic E-state index is 12.5. The van der Waals surface area contributed by atoms with Gasteiger partial charge in [-0.2, -0.15) is 4.31 Å². The third-order valence-corrected chi connectivity index (χ3v) is 6.76. The van der Waals surface area contributed by atoms with Gasteiger partial charge in [0.25, 0.3) is 5.91 Å². The van der Waals surface area contributed by atoms with Crippen LogP contribution in [0.15, 0.2) is 57.9 Å². The Morgan fingerprint density at radius 2 is 1.67 bits per heavy atom. The predicted molar refractivity (Wildman–Crippen MR) is 114 cm³/mol. The van der Waals surface area contributed by atoms with E-state index in [9.17, 15) is 13.2 Å². The van der Waals surface area contributed by atoms with Crippen LogP contribution in [-0.4, -0.2) is 36.8 Å². The fourth-order valence-corrected chi connectivity index (χ4v) is 4.53. The van der Waals surface area contributed by atoms with Crippen molar-refractivity contribution in [3.05, 3.63) is 58.6 Å². The summed E-state index contributed by atoms with van der Waals surface area (Å²) in [5, 5.41) is 5.59. The van der Waals surface area contributed by atoms with Crippen LogP contribution in [0.1, 0.15) is 24.2 Å². The third-order valence-electron chi connectivity index (χ3n) is 3.80. The summed E-state index contributed by atoms with van der Waals surface area (Å²) in [6, 6.07) is 13.2. The molecule has 9 heteroatoms. The van der Waals surface area contributed by atoms with Crippen LogP contribution < -0.4 is 10.6 Å². The van der Waals surface area contributed by atoms with Crippen LogP contribution in [0.4, 0.5) is 5.69 Å². The third kappa shape index (κ3) is 5.35. The summed E-state index contributed by atoms with van der Waals surface area (Å²) < 4.78 is 27.0. The molecule has 27 heavy (non-hydrogen) atoms. The van der Waals surface area contributed by atoms with Crippen molar-refractivity contribution in [2.24, 2.45) is 0 Å². The van der Waals surface area contributed by atoms with Gasteiger partial charge < -0.3 is 5.32 Å². The first-order valence-electron chi connectivity index (χ1n) is 8.26. The average Bonchev–Trinajstić information content (AvgIpc) is 2.63. The number of benzene rings is 2. The Morgan fingerprint density at radius 1 is 1.07 bits per heavy atom. The molecule has 2 aromatic rings. The molecule has 0 aromatic heterocycles. The topological polar surface area (TPSA) is 78.5 Å². The van der Waals surface area contributed by atoms with Crippen LogP contribution in [0, 0.1) is 0 Å². The van der Waals surface area contributed by atoms with Gasteiger partial charge in [0.05, 0.1) is 10.5 Å². The summed E-state index contributed by atoms with van der Waals surface area (Å²) in [5.41, 5.74) is 1.04. The van der Waals surface area contributed by atoms with E-state index in [-0.39, 0.29) is 15.9 Å². The molecular formula is C18H20BrN3O3S2. The van der Waals surface area contributed by atoms with Gasteiger partial charge in [0.2, 0.25) is 10.0 Å². The minimum atomic E-state index is -3.51. The molecule has 2 aromatic carbocycles. The van der Waals surface area contributed by atoms with E-state index < -0.39 is 10.0 Å². The number of thiocarbonyl (C=S) groups is 1. The van der Waals surface area contributed by atoms with E-state index in [1.807, 2.05) is 6.07 Å². The highest BCUT2D eigenvalue weighted by molar-refractivity contribution is 9.10. The van der Waals surface area contributed by atoms with Gasteiger partial charge in [0, 0.05) is 23.2 Å². The fraction of sp³-hybridized carbons (Fsp3) is 0.222. The molecule has 2 rings (SSSR count). The summed E-state index contributed by atoms with van der Waals surface area (Å²) in [6.45, 7) is 4.40. The van der Waals surface area contributed by atoms with E-state index in [2.05, 4.69) is 26.6 Å². The van der Waals surface area contributed by atoms with Crippen LogP contribution in [0.3, 0.4) is 0 Å². The molecule has 0 spiro atoms. The molecule has 0 aliphatic heterocycles. The number of anilines is 1. The summed E-state index contributed by atoms with van der Waals surface area (Å²) in [6.07, 6.45) is 0. The second-order valence-electron chi connectivity index (χ2n) is 5.50. The zero-order valence-corrected chi connectivity index (χ0v) is 18.1. The summed E-state index contributed by atoms with van der Waals surface area (Å²) in [5.74, 6) is -0.347. The lowest BCUT2D eigenvalue weighted by atomic mass is 10.2. The SMILES string of the molecule is CCN(CC)S(=O)(=O)c1ccc(NC(=S)NC(=O)c2ccccc2Br)cc1. The van der Waals surface area contributed by atoms with E-state index >= 15 is 0 Å². The first kappa shape index (κ1) is 21.5. The first-order chi connectivity index (χ1) is 12.8. The number of rotatable bonds is 6. The van der Waals surface area contributed by atoms with Gasteiger partial charge in [-0.1, -0.05) is 26.0 Å². The normalized spacial score (nSPS) is 11.3. The fourth-order valence-electron chi connectivity index (χ4n) is 2.40. The maximum absolute atomic E-state index is 12.5. The lowest BCUT2D eigenvalue weighted by molar-refractivity contribution is 0.0977. The van der Waals surface area contributed by atoms with Gasteiger partial charge in [-0.05, 0) is 64.5 Å². The summed E-state index contributed by atoms with van der Waals surface area (Å²) in [7, 11) is -3.51. The standard InChI is InChI=1S/C18H20BrN3O3S2/c1-3-22(4-2)27(24,25)14-11-9-13(10-12-14)20-18(26)21-17(23)15-7-5-6-8-16(15)19/h5-12H,3-4H2,1-2H3,(H2,20,21,23,26). The Bertz CT molecular complexity index is 927. The van der Waals surface area contributed by atoms with Crippen molar-refractivity contribution < 1.29 is 13.2 Å². The molecule has 0 heterocycles. The molecule has 0 saturated heterocycles. The molecule has 2 N–H and O–H groups in total. The number of carbonyl (C=O) groups is 1. The van der Waals surface area contributed by atoms with Crippen LogP contribution in [0.2, 0.25) is 0 Å². The van der Waals surface area contributed by atoms with Crippen molar-refractivity contribution in [1.29, 1.82) is 0 Å². The quantitative estimate of drug-likeness (QED) is 0.631. The van der Waals surface area contributed by atoms with Gasteiger partial charge in [0.15, 0.2) is 5.11 Å². The highest BCUT2D eigenvalue weighted by atomic mass is 79.9. The number of amides is 1. The Hall–Kier alpha value is -1.81. The molecule has 6 nitrogen and oxygen atoms in total. The number of nitrogens with one attached hydrogen (secondary N) is 2. The number of nitrogens with zero attached hydrogens (tertiary/aromatic N) is 1. The van der Waals surface area contributed by atoms with Crippen molar-refractivity contribution in [2.75, 3.05) is 18.4 Å². The zero-order chi connectivity index (χ0) is 20.0. The largest absolute Gasteiger partial charge is 0.332 e. The minimum Gasteiger partial charge on any atom is -0.332 e. The van der Waals surface area contributed by atoms with Gasteiger partial charge in [-0.25, -0.2) is 8.42 Å². The number of carbonyl (C=O) groups excluding carboxylic acids is 1. The Balaban J connectivity index is 2.05. The highest BCUT2D eigenvalue weighted by Gasteiger charge is 2.21. The molecular weight excluding hydrogens is 450 g/mol. The molecule has 0 atom stereocenters. The molecule has 0 unspecified atom stereocenters. The van der Waals surface area contributed by atoms with E-state index in [1.165, 1.54) is 16.4 Å². The molecule has 0 radical (unpaired) electrons. The average molecular weight is 470 g/mol. The molecule has 144 valence electrons. The number of hydrogen-bond acceptors (Lipinski definition) is 4. The van der Waals surface area contributed by atoms with E-state index in [1.54, 1.807) is 44.2 Å². The van der Waals surface area contributed by atoms with Crippen LogP contribution in [-0.2, 0) is 10.0 Å². The summed E-state index contributed by atoms with van der Waals surface area (Å²) >= 11 is 8.47. The van der Waals surface area contributed by atoms with Gasteiger partial charge in [0.1, 0.15) is 0 Å². The Morgan fingerprint density at radius 3 is 2.22 bits per heavy atom. The lowest BCUT2D eigenvalue weighted by Gasteiger charge is -2.18. The van der Waals surface area contributed by atoms with Crippen molar-refractivity contribution in [1.82, 2.24) is 9.62 Å². The highest BCUT2D eigenvalue weighted by Crippen LogP contribution is 2.19. The van der Waals surface area contributed by atoms with Crippen molar-refractivity contribution in [3.63, 3.8) is 0 Å². The van der Waals surface area contributed by atoms with Gasteiger partial charge >= 0.3 is 0 Å². The number of halogens is 1. The molecule has 0 fully saturated rings. The molecule has 0 bridgehead atoms. The monoisotopic (exact) mass is 469 g/mol. The molecule has 1 amide bonds. The van der Waals surface area contributed by atoms with Crippen molar-refractivity contribution >= 4 is 54.9 Å². The van der Waals surface area contributed by atoms with E-state index in [0.29, 0.717) is 28.8 Å². The predicted octanol–water partition coefficient (Wildman–Crippen LogP) is 3.61. The van der Waals surface area contributed by atoms with Crippen LogP contribution in [0.5, 0.6) is 0 Å². The second-order valence-corrected chi connectivity index (χ2v) is 8.70. The smallest absolute Gasteiger partial charge is 0.258 e. The van der Waals surface area contributed by atoms with E-state index in [0.717, 1.165) is 0 Å². The van der Waals surface area contributed by atoms with E-state index in [4.69, 9.17) is 12.2 Å². The number of sulfonamides is 1. The molecule has 0 aliphatic carbocycles. The van der Waals surface area contributed by atoms with Crippen LogP contribution in [0.25, 0.3) is 0 Å². The van der Waals surface area contributed by atoms with Crippen molar-refractivity contribution in [3.8, 4) is 0 Å². The second kappa shape index (κ2) is 9.41. The van der Waals surface area contributed by atoms with Gasteiger partial charge in [-0.3, -0.25) is 10.1 Å². The van der Waals surface area contributed by atoms with Crippen LogP contribution >= 0.6 is 28.1 Å². The summed E-state index contributed by atoms with van der Waals surface area (Å²) in [4.78, 5) is 12.4. The first-order valence-corrected chi connectivity index (χ1v) is 10.9. The van der Waals surface area contributed by atoms with Crippen molar-refractivity contribution in [2.45, 2.75) is 18.7 Å². The maximum Gasteiger partial charge on any atom is 0.258 e. The zero-order valence-electron chi connectivity index (χ0n) is 14.9. The lowest BCUT2D eigenvalue weighted by Crippen LogP contribution is -2.34. The van der Waals surface area contributed by atoms with Gasteiger partial charge in [-0.15, -0.1) is 0 Å². The number of hydrogen-bond donors (Lipinski definition) is 2. The molecule has 0 aliphatic rings. The Kier molecular flexibility index (Phi) is 7.49.